The van der Waals surface area contributed by atoms with Gasteiger partial charge in [-0.2, -0.15) is 5.26 Å². The maximum Gasteiger partial charge on any atom is 0.235 e. The van der Waals surface area contributed by atoms with Gasteiger partial charge < -0.3 is 19.2 Å². The van der Waals surface area contributed by atoms with E-state index in [0.717, 1.165) is 41.4 Å². The summed E-state index contributed by atoms with van der Waals surface area (Å²) in [7, 11) is 0. The first kappa shape index (κ1) is 22.6. The van der Waals surface area contributed by atoms with E-state index in [1.807, 2.05) is 47.4 Å². The van der Waals surface area contributed by atoms with Crippen LogP contribution in [-0.2, 0) is 22.6 Å². The number of carbonyl (C=O) groups is 1. The molecular weight excluding hydrogens is 444 g/mol. The highest BCUT2D eigenvalue weighted by Crippen LogP contribution is 2.30. The molecule has 168 valence electrons. The predicted molar refractivity (Wildman–Crippen MR) is 126 cm³/mol. The van der Waals surface area contributed by atoms with E-state index in [1.54, 1.807) is 11.3 Å². The summed E-state index contributed by atoms with van der Waals surface area (Å²) in [6.07, 6.45) is 2.14. The number of amides is 1. The summed E-state index contributed by atoms with van der Waals surface area (Å²) in [6.45, 7) is 8.04. The summed E-state index contributed by atoms with van der Waals surface area (Å²) < 4.78 is 9.80. The van der Waals surface area contributed by atoms with Crippen LogP contribution in [0.5, 0.6) is 0 Å². The Hall–Kier alpha value is -2.61. The van der Waals surface area contributed by atoms with Crippen LogP contribution in [0, 0.1) is 25.2 Å². The fraction of sp³-hybridized carbons (Fsp3) is 0.455. The van der Waals surface area contributed by atoms with Crippen LogP contribution in [0.1, 0.15) is 36.6 Å². The molecule has 3 aromatic heterocycles. The summed E-state index contributed by atoms with van der Waals surface area (Å²) in [5.74, 6) is 1.37. The van der Waals surface area contributed by atoms with Gasteiger partial charge in [-0.3, -0.25) is 4.79 Å². The van der Waals surface area contributed by atoms with E-state index < -0.39 is 0 Å². The average Bonchev–Trinajstić information content (AvgIpc) is 3.58. The molecule has 1 saturated heterocycles. The van der Waals surface area contributed by atoms with E-state index in [2.05, 4.69) is 21.6 Å². The summed E-state index contributed by atoms with van der Waals surface area (Å²) in [5, 5.41) is 24.0. The summed E-state index contributed by atoms with van der Waals surface area (Å²) in [6, 6.07) is 6.25. The molecule has 1 fully saturated rings. The molecule has 1 N–H and O–H groups in total. The zero-order valence-corrected chi connectivity index (χ0v) is 20.1. The molecule has 10 heteroatoms. The van der Waals surface area contributed by atoms with E-state index in [1.165, 1.54) is 11.8 Å². The van der Waals surface area contributed by atoms with Crippen molar-refractivity contribution in [2.75, 3.05) is 17.7 Å². The first-order chi connectivity index (χ1) is 15.5. The number of rotatable bonds is 8. The lowest BCUT2D eigenvalue weighted by atomic mass is 10.2. The monoisotopic (exact) mass is 470 g/mol. The van der Waals surface area contributed by atoms with Crippen molar-refractivity contribution in [3.05, 3.63) is 34.3 Å². The smallest absolute Gasteiger partial charge is 0.235 e. The largest absolute Gasteiger partial charge is 0.376 e. The van der Waals surface area contributed by atoms with E-state index in [9.17, 15) is 10.1 Å². The molecule has 3 aromatic rings. The summed E-state index contributed by atoms with van der Waals surface area (Å²) in [4.78, 5) is 13.9. The topological polar surface area (TPSA) is 97.8 Å². The number of hydrogen-bond acceptors (Lipinski definition) is 7. The zero-order valence-electron chi connectivity index (χ0n) is 18.4. The van der Waals surface area contributed by atoms with Gasteiger partial charge in [0.1, 0.15) is 11.9 Å². The van der Waals surface area contributed by atoms with Gasteiger partial charge in [-0.25, -0.2) is 0 Å². The van der Waals surface area contributed by atoms with Crippen LogP contribution in [0.2, 0.25) is 0 Å². The minimum Gasteiger partial charge on any atom is -0.376 e. The molecule has 1 aliphatic rings. The molecule has 0 saturated carbocycles. The van der Waals surface area contributed by atoms with Gasteiger partial charge in [-0.1, -0.05) is 17.8 Å². The lowest BCUT2D eigenvalue weighted by Gasteiger charge is -2.16. The van der Waals surface area contributed by atoms with Crippen LogP contribution in [0.15, 0.2) is 22.7 Å². The number of nitriles is 1. The van der Waals surface area contributed by atoms with Crippen molar-refractivity contribution in [2.24, 2.45) is 0 Å². The van der Waals surface area contributed by atoms with Crippen molar-refractivity contribution in [3.8, 4) is 16.8 Å². The minimum absolute atomic E-state index is 0.107. The molecule has 0 aliphatic carbocycles. The highest BCUT2D eigenvalue weighted by molar-refractivity contribution is 7.99. The third kappa shape index (κ3) is 4.46. The predicted octanol–water partition coefficient (Wildman–Crippen LogP) is 4.23. The van der Waals surface area contributed by atoms with Gasteiger partial charge in [0.15, 0.2) is 11.0 Å². The molecule has 0 radical (unpaired) electrons. The maximum absolute atomic E-state index is 12.9. The first-order valence-corrected chi connectivity index (χ1v) is 12.5. The third-order valence-electron chi connectivity index (χ3n) is 5.72. The maximum atomic E-state index is 12.9. The molecule has 0 spiro atoms. The molecule has 32 heavy (non-hydrogen) atoms. The molecule has 0 bridgehead atoms. The highest BCUT2D eigenvalue weighted by atomic mass is 32.2. The number of carbonyl (C=O) groups excluding carboxylic acids is 1. The average molecular weight is 471 g/mol. The van der Waals surface area contributed by atoms with Crippen molar-refractivity contribution in [1.82, 2.24) is 19.3 Å². The lowest BCUT2D eigenvalue weighted by molar-refractivity contribution is -0.113. The van der Waals surface area contributed by atoms with Crippen molar-refractivity contribution in [2.45, 2.75) is 58.0 Å². The van der Waals surface area contributed by atoms with E-state index in [-0.39, 0.29) is 17.8 Å². The van der Waals surface area contributed by atoms with Gasteiger partial charge in [-0.15, -0.1) is 21.5 Å². The Labute approximate surface area is 195 Å². The fourth-order valence-electron chi connectivity index (χ4n) is 3.92. The van der Waals surface area contributed by atoms with Crippen molar-refractivity contribution >= 4 is 34.8 Å². The van der Waals surface area contributed by atoms with E-state index in [4.69, 9.17) is 4.74 Å². The van der Waals surface area contributed by atoms with Crippen molar-refractivity contribution in [1.29, 1.82) is 5.26 Å². The van der Waals surface area contributed by atoms with Crippen LogP contribution in [0.3, 0.4) is 0 Å². The molecule has 0 aromatic carbocycles. The second-order valence-electron chi connectivity index (χ2n) is 7.66. The molecular formula is C22H26N6O2S2. The standard InChI is InChI=1S/C22H26N6O2S2/c1-4-27-21(18-8-6-10-31-18)25-26-22(27)32-13-19(29)24-20-17(11-23)14(2)15(3)28(20)12-16-7-5-9-30-16/h6,8,10,16H,4-5,7,9,12-13H2,1-3H3,(H,24,29)/t16-/m1/s1. The number of nitrogens with one attached hydrogen (secondary N) is 1. The Morgan fingerprint density at radius 3 is 2.91 bits per heavy atom. The molecule has 8 nitrogen and oxygen atoms in total. The first-order valence-electron chi connectivity index (χ1n) is 10.6. The molecule has 4 heterocycles. The summed E-state index contributed by atoms with van der Waals surface area (Å²) in [5.41, 5.74) is 2.38. The molecule has 0 unspecified atom stereocenters. The van der Waals surface area contributed by atoms with E-state index in [0.29, 0.717) is 29.6 Å². The normalized spacial score (nSPS) is 15.8. The van der Waals surface area contributed by atoms with Crippen molar-refractivity contribution < 1.29 is 9.53 Å². The molecule has 1 amide bonds. The van der Waals surface area contributed by atoms with Crippen LogP contribution in [0.25, 0.3) is 10.7 Å². The second-order valence-corrected chi connectivity index (χ2v) is 9.55. The van der Waals surface area contributed by atoms with Gasteiger partial charge in [0, 0.05) is 18.8 Å². The second kappa shape index (κ2) is 9.90. The fourth-order valence-corrected chi connectivity index (χ4v) is 5.44. The zero-order chi connectivity index (χ0) is 22.7. The molecule has 1 aliphatic heterocycles. The highest BCUT2D eigenvalue weighted by Gasteiger charge is 2.24. The van der Waals surface area contributed by atoms with Crippen LogP contribution in [0.4, 0.5) is 5.82 Å². The number of thioether (sulfide) groups is 1. The molecule has 1 atom stereocenters. The van der Waals surface area contributed by atoms with Gasteiger partial charge in [0.05, 0.1) is 28.8 Å². The lowest BCUT2D eigenvalue weighted by Crippen LogP contribution is -2.22. The van der Waals surface area contributed by atoms with Crippen molar-refractivity contribution in [3.63, 3.8) is 0 Å². The number of ether oxygens (including phenoxy) is 1. The number of hydrogen-bond donors (Lipinski definition) is 1. The number of thiophene rings is 1. The Morgan fingerprint density at radius 2 is 2.25 bits per heavy atom. The Balaban J connectivity index is 1.49. The third-order valence-corrected chi connectivity index (χ3v) is 7.55. The van der Waals surface area contributed by atoms with Gasteiger partial charge in [-0.05, 0) is 50.6 Å². The molecule has 4 rings (SSSR count). The van der Waals surface area contributed by atoms with E-state index >= 15 is 0 Å². The van der Waals surface area contributed by atoms with Gasteiger partial charge in [0.2, 0.25) is 5.91 Å². The number of anilines is 1. The Kier molecular flexibility index (Phi) is 6.98. The SMILES string of the molecule is CCn1c(SCC(=O)Nc2c(C#N)c(C)c(C)n2C[C@H]2CCCO2)nnc1-c1cccs1. The van der Waals surface area contributed by atoms with Crippen LogP contribution >= 0.6 is 23.1 Å². The number of aromatic nitrogens is 4. The van der Waals surface area contributed by atoms with Crippen LogP contribution in [-0.4, -0.2) is 43.7 Å². The van der Waals surface area contributed by atoms with Crippen LogP contribution < -0.4 is 5.32 Å². The Bertz CT molecular complexity index is 1140. The Morgan fingerprint density at radius 1 is 1.41 bits per heavy atom. The summed E-state index contributed by atoms with van der Waals surface area (Å²) >= 11 is 2.96. The van der Waals surface area contributed by atoms with Gasteiger partial charge >= 0.3 is 0 Å². The van der Waals surface area contributed by atoms with Gasteiger partial charge in [0.25, 0.3) is 0 Å². The minimum atomic E-state index is -0.180. The number of nitrogens with zero attached hydrogens (tertiary/aromatic N) is 5. The quantitative estimate of drug-likeness (QED) is 0.495.